The predicted octanol–water partition coefficient (Wildman–Crippen LogP) is 2.61. The fourth-order valence-electron chi connectivity index (χ4n) is 3.33. The molecule has 0 unspecified atom stereocenters. The van der Waals surface area contributed by atoms with Crippen LogP contribution in [0, 0.1) is 5.92 Å². The average molecular weight is 360 g/mol. The monoisotopic (exact) mass is 359 g/mol. The van der Waals surface area contributed by atoms with Gasteiger partial charge < -0.3 is 9.80 Å². The van der Waals surface area contributed by atoms with E-state index in [0.29, 0.717) is 13.0 Å². The molecule has 2 amide bonds. The SMILES string of the molecule is CC(C)C(=O)N(CCC(=O)N1CCN(Cc2ccccc2)CC1)C(C)C. The molecule has 5 nitrogen and oxygen atoms in total. The molecule has 0 saturated carbocycles. The van der Waals surface area contributed by atoms with Crippen molar-refractivity contribution in [2.75, 3.05) is 32.7 Å². The third kappa shape index (κ3) is 5.84. The maximum atomic E-state index is 12.6. The number of benzene rings is 1. The maximum absolute atomic E-state index is 12.6. The van der Waals surface area contributed by atoms with E-state index < -0.39 is 0 Å². The molecule has 1 aliphatic heterocycles. The van der Waals surface area contributed by atoms with Crippen molar-refractivity contribution < 1.29 is 9.59 Å². The molecule has 144 valence electrons. The van der Waals surface area contributed by atoms with Crippen LogP contribution in [-0.2, 0) is 16.1 Å². The summed E-state index contributed by atoms with van der Waals surface area (Å²) in [7, 11) is 0. The molecule has 0 aromatic heterocycles. The number of piperazine rings is 1. The van der Waals surface area contributed by atoms with Crippen molar-refractivity contribution in [3.05, 3.63) is 35.9 Å². The zero-order valence-corrected chi connectivity index (χ0v) is 16.6. The second-order valence-electron chi connectivity index (χ2n) is 7.67. The molecule has 0 N–H and O–H groups in total. The quantitative estimate of drug-likeness (QED) is 0.752. The summed E-state index contributed by atoms with van der Waals surface area (Å²) < 4.78 is 0. The first-order chi connectivity index (χ1) is 12.4. The second kappa shape index (κ2) is 9.72. The summed E-state index contributed by atoms with van der Waals surface area (Å²) in [5.41, 5.74) is 1.31. The van der Waals surface area contributed by atoms with E-state index >= 15 is 0 Å². The highest BCUT2D eigenvalue weighted by molar-refractivity contribution is 5.80. The van der Waals surface area contributed by atoms with E-state index in [-0.39, 0.29) is 23.8 Å². The highest BCUT2D eigenvalue weighted by Crippen LogP contribution is 2.11. The molecule has 1 fully saturated rings. The summed E-state index contributed by atoms with van der Waals surface area (Å²) in [6.45, 7) is 12.6. The van der Waals surface area contributed by atoms with Gasteiger partial charge in [0, 0.05) is 57.6 Å². The lowest BCUT2D eigenvalue weighted by molar-refractivity contribution is -0.138. The Morgan fingerprint density at radius 2 is 1.62 bits per heavy atom. The molecule has 0 atom stereocenters. The lowest BCUT2D eigenvalue weighted by Crippen LogP contribution is -2.49. The molecule has 0 spiro atoms. The van der Waals surface area contributed by atoms with Crippen molar-refractivity contribution >= 4 is 11.8 Å². The first-order valence-corrected chi connectivity index (χ1v) is 9.73. The van der Waals surface area contributed by atoms with Crippen LogP contribution in [0.25, 0.3) is 0 Å². The Morgan fingerprint density at radius 3 is 2.15 bits per heavy atom. The first-order valence-electron chi connectivity index (χ1n) is 9.73. The molecule has 1 heterocycles. The molecule has 1 aromatic carbocycles. The van der Waals surface area contributed by atoms with Gasteiger partial charge in [-0.3, -0.25) is 14.5 Å². The third-order valence-corrected chi connectivity index (χ3v) is 4.94. The number of carbonyl (C=O) groups is 2. The van der Waals surface area contributed by atoms with Crippen LogP contribution in [0.1, 0.15) is 39.7 Å². The zero-order valence-electron chi connectivity index (χ0n) is 16.6. The lowest BCUT2D eigenvalue weighted by atomic mass is 10.1. The Hall–Kier alpha value is -1.88. The van der Waals surface area contributed by atoms with E-state index in [2.05, 4.69) is 29.2 Å². The van der Waals surface area contributed by atoms with E-state index in [1.807, 2.05) is 43.6 Å². The molecule has 0 radical (unpaired) electrons. The van der Waals surface area contributed by atoms with E-state index in [4.69, 9.17) is 0 Å². The number of carbonyl (C=O) groups excluding carboxylic acids is 2. The number of hydrogen-bond acceptors (Lipinski definition) is 3. The van der Waals surface area contributed by atoms with E-state index in [1.165, 1.54) is 5.56 Å². The van der Waals surface area contributed by atoms with Crippen molar-refractivity contribution in [2.24, 2.45) is 5.92 Å². The van der Waals surface area contributed by atoms with Crippen molar-refractivity contribution in [1.29, 1.82) is 0 Å². The van der Waals surface area contributed by atoms with Crippen LogP contribution in [-0.4, -0.2) is 65.3 Å². The van der Waals surface area contributed by atoms with Crippen molar-refractivity contribution in [1.82, 2.24) is 14.7 Å². The number of hydrogen-bond donors (Lipinski definition) is 0. The van der Waals surface area contributed by atoms with Crippen molar-refractivity contribution in [3.8, 4) is 0 Å². The normalized spacial score (nSPS) is 15.5. The topological polar surface area (TPSA) is 43.9 Å². The molecule has 5 heteroatoms. The largest absolute Gasteiger partial charge is 0.340 e. The number of nitrogens with zero attached hydrogens (tertiary/aromatic N) is 3. The summed E-state index contributed by atoms with van der Waals surface area (Å²) in [6, 6.07) is 10.6. The molecular weight excluding hydrogens is 326 g/mol. The van der Waals surface area contributed by atoms with Crippen LogP contribution in [0.15, 0.2) is 30.3 Å². The highest BCUT2D eigenvalue weighted by atomic mass is 16.2. The van der Waals surface area contributed by atoms with E-state index in [9.17, 15) is 9.59 Å². The molecule has 1 aliphatic rings. The van der Waals surface area contributed by atoms with Gasteiger partial charge in [-0.15, -0.1) is 0 Å². The van der Waals surface area contributed by atoms with Gasteiger partial charge in [-0.25, -0.2) is 0 Å². The smallest absolute Gasteiger partial charge is 0.225 e. The lowest BCUT2D eigenvalue weighted by Gasteiger charge is -2.35. The van der Waals surface area contributed by atoms with Gasteiger partial charge in [0.1, 0.15) is 0 Å². The summed E-state index contributed by atoms with van der Waals surface area (Å²) >= 11 is 0. The Kier molecular flexibility index (Phi) is 7.64. The van der Waals surface area contributed by atoms with Gasteiger partial charge >= 0.3 is 0 Å². The van der Waals surface area contributed by atoms with Gasteiger partial charge in [0.2, 0.25) is 11.8 Å². The maximum Gasteiger partial charge on any atom is 0.225 e. The average Bonchev–Trinajstić information content (AvgIpc) is 2.62. The van der Waals surface area contributed by atoms with E-state index in [0.717, 1.165) is 32.7 Å². The summed E-state index contributed by atoms with van der Waals surface area (Å²) in [4.78, 5) is 31.0. The minimum absolute atomic E-state index is 0.0333. The van der Waals surface area contributed by atoms with Gasteiger partial charge in [-0.2, -0.15) is 0 Å². The predicted molar refractivity (Wildman–Crippen MR) is 105 cm³/mol. The van der Waals surface area contributed by atoms with Crippen molar-refractivity contribution in [3.63, 3.8) is 0 Å². The van der Waals surface area contributed by atoms with Gasteiger partial charge in [-0.1, -0.05) is 44.2 Å². The molecule has 26 heavy (non-hydrogen) atoms. The van der Waals surface area contributed by atoms with Crippen LogP contribution in [0.2, 0.25) is 0 Å². The third-order valence-electron chi connectivity index (χ3n) is 4.94. The van der Waals surface area contributed by atoms with E-state index in [1.54, 1.807) is 0 Å². The zero-order chi connectivity index (χ0) is 19.1. The molecule has 0 bridgehead atoms. The standard InChI is InChI=1S/C21H33N3O2/c1-17(2)21(26)24(18(3)4)11-10-20(25)23-14-12-22(13-15-23)16-19-8-6-5-7-9-19/h5-9,17-18H,10-16H2,1-4H3. The number of rotatable bonds is 7. The molecular formula is C21H33N3O2. The van der Waals surface area contributed by atoms with Crippen molar-refractivity contribution in [2.45, 2.75) is 46.7 Å². The van der Waals surface area contributed by atoms with Crippen LogP contribution in [0.4, 0.5) is 0 Å². The highest BCUT2D eigenvalue weighted by Gasteiger charge is 2.24. The summed E-state index contributed by atoms with van der Waals surface area (Å²) in [6.07, 6.45) is 0.412. The van der Waals surface area contributed by atoms with Gasteiger partial charge in [-0.05, 0) is 19.4 Å². The Balaban J connectivity index is 1.78. The molecule has 1 aromatic rings. The van der Waals surface area contributed by atoms with Crippen LogP contribution in [0.5, 0.6) is 0 Å². The summed E-state index contributed by atoms with van der Waals surface area (Å²) in [5.74, 6) is 0.251. The first kappa shape index (κ1) is 20.4. The fraction of sp³-hybridized carbons (Fsp3) is 0.619. The van der Waals surface area contributed by atoms with Gasteiger partial charge in [0.05, 0.1) is 0 Å². The minimum atomic E-state index is -0.0333. The van der Waals surface area contributed by atoms with Gasteiger partial charge in [0.25, 0.3) is 0 Å². The summed E-state index contributed by atoms with van der Waals surface area (Å²) in [5, 5.41) is 0. The van der Waals surface area contributed by atoms with Crippen LogP contribution in [0.3, 0.4) is 0 Å². The Morgan fingerprint density at radius 1 is 1.00 bits per heavy atom. The molecule has 1 saturated heterocycles. The number of amides is 2. The van der Waals surface area contributed by atoms with Crippen LogP contribution < -0.4 is 0 Å². The van der Waals surface area contributed by atoms with Gasteiger partial charge in [0.15, 0.2) is 0 Å². The minimum Gasteiger partial charge on any atom is -0.340 e. The Labute approximate surface area is 158 Å². The van der Waals surface area contributed by atoms with Crippen LogP contribution >= 0.6 is 0 Å². The fourth-order valence-corrected chi connectivity index (χ4v) is 3.33. The second-order valence-corrected chi connectivity index (χ2v) is 7.67. The molecule has 2 rings (SSSR count). The Bertz CT molecular complexity index is 578. The molecule has 0 aliphatic carbocycles.